The number of benzene rings is 2. The molecule has 33 heavy (non-hydrogen) atoms. The minimum atomic E-state index is -0.317. The number of hydrogen-bond acceptors (Lipinski definition) is 5. The second-order valence-electron chi connectivity index (χ2n) is 7.73. The van der Waals surface area contributed by atoms with Crippen LogP contribution in [0.3, 0.4) is 0 Å². The van der Waals surface area contributed by atoms with E-state index in [0.29, 0.717) is 42.1 Å². The van der Waals surface area contributed by atoms with Gasteiger partial charge in [0.25, 0.3) is 11.8 Å². The lowest BCUT2D eigenvalue weighted by Crippen LogP contribution is -2.41. The van der Waals surface area contributed by atoms with Crippen LogP contribution in [0, 0.1) is 5.82 Å². The van der Waals surface area contributed by atoms with Crippen molar-refractivity contribution in [1.82, 2.24) is 15.2 Å². The van der Waals surface area contributed by atoms with Gasteiger partial charge in [-0.25, -0.2) is 4.39 Å². The van der Waals surface area contributed by atoms with Gasteiger partial charge in [0.15, 0.2) is 11.5 Å². The minimum Gasteiger partial charge on any atom is -0.454 e. The van der Waals surface area contributed by atoms with Gasteiger partial charge in [0.05, 0.1) is 0 Å². The van der Waals surface area contributed by atoms with Crippen LogP contribution in [0.15, 0.2) is 66.9 Å². The van der Waals surface area contributed by atoms with Gasteiger partial charge >= 0.3 is 0 Å². The lowest BCUT2D eigenvalue weighted by Gasteiger charge is -2.29. The Balaban J connectivity index is 1.46. The van der Waals surface area contributed by atoms with Crippen molar-refractivity contribution in [2.24, 2.45) is 0 Å². The highest BCUT2D eigenvalue weighted by Crippen LogP contribution is 2.33. The molecule has 0 saturated heterocycles. The SMILES string of the molecule is CN(C(=O)c1ccc2c(c1)OCO2)[C@H](CCNC(=O)c1ccccn1)Cc1ccc(F)cc1. The van der Waals surface area contributed by atoms with Crippen molar-refractivity contribution in [3.63, 3.8) is 0 Å². The van der Waals surface area contributed by atoms with Crippen LogP contribution in [-0.4, -0.2) is 48.1 Å². The van der Waals surface area contributed by atoms with Crippen molar-refractivity contribution >= 4 is 11.8 Å². The summed E-state index contributed by atoms with van der Waals surface area (Å²) in [6, 6.07) is 16.2. The first-order valence-corrected chi connectivity index (χ1v) is 10.6. The lowest BCUT2D eigenvalue weighted by atomic mass is 10.0. The highest BCUT2D eigenvalue weighted by molar-refractivity contribution is 5.95. The fourth-order valence-corrected chi connectivity index (χ4v) is 3.66. The maximum Gasteiger partial charge on any atom is 0.269 e. The summed E-state index contributed by atoms with van der Waals surface area (Å²) in [4.78, 5) is 31.3. The highest BCUT2D eigenvalue weighted by atomic mass is 19.1. The first-order valence-electron chi connectivity index (χ1n) is 10.6. The molecule has 8 heteroatoms. The quantitative estimate of drug-likeness (QED) is 0.570. The number of rotatable bonds is 8. The third-order valence-corrected chi connectivity index (χ3v) is 5.53. The number of carbonyl (C=O) groups is 2. The van der Waals surface area contributed by atoms with E-state index in [0.717, 1.165) is 5.56 Å². The van der Waals surface area contributed by atoms with Gasteiger partial charge in [-0.1, -0.05) is 18.2 Å². The summed E-state index contributed by atoms with van der Waals surface area (Å²) in [5.41, 5.74) is 1.70. The number of fused-ring (bicyclic) bond motifs is 1. The first-order chi connectivity index (χ1) is 16.0. The van der Waals surface area contributed by atoms with Gasteiger partial charge in [-0.3, -0.25) is 14.6 Å². The normalized spacial score (nSPS) is 12.8. The molecule has 7 nitrogen and oxygen atoms in total. The van der Waals surface area contributed by atoms with Crippen molar-refractivity contribution in [2.45, 2.75) is 18.9 Å². The Bertz CT molecular complexity index is 1120. The number of carbonyl (C=O) groups excluding carboxylic acids is 2. The molecular weight excluding hydrogens is 425 g/mol. The molecule has 0 radical (unpaired) electrons. The second kappa shape index (κ2) is 10.1. The summed E-state index contributed by atoms with van der Waals surface area (Å²) in [5.74, 6) is 0.362. The molecule has 2 heterocycles. The molecule has 1 aliphatic heterocycles. The van der Waals surface area contributed by atoms with Crippen molar-refractivity contribution in [2.75, 3.05) is 20.4 Å². The van der Waals surface area contributed by atoms with Gasteiger partial charge in [0, 0.05) is 31.4 Å². The predicted octanol–water partition coefficient (Wildman–Crippen LogP) is 3.45. The molecule has 1 aromatic heterocycles. The van der Waals surface area contributed by atoms with Gasteiger partial charge in [-0.05, 0) is 60.9 Å². The van der Waals surface area contributed by atoms with Crippen molar-refractivity contribution in [1.29, 1.82) is 0 Å². The Hall–Kier alpha value is -3.94. The van der Waals surface area contributed by atoms with E-state index in [-0.39, 0.29) is 30.5 Å². The van der Waals surface area contributed by atoms with Crippen LogP contribution in [0.4, 0.5) is 4.39 Å². The van der Waals surface area contributed by atoms with Crippen LogP contribution in [0.2, 0.25) is 0 Å². The van der Waals surface area contributed by atoms with Crippen LogP contribution in [0.25, 0.3) is 0 Å². The average Bonchev–Trinajstić information content (AvgIpc) is 3.32. The molecule has 1 aliphatic rings. The molecule has 3 aromatic rings. The molecule has 1 atom stereocenters. The van der Waals surface area contributed by atoms with E-state index in [2.05, 4.69) is 10.3 Å². The smallest absolute Gasteiger partial charge is 0.269 e. The van der Waals surface area contributed by atoms with Gasteiger partial charge in [-0.2, -0.15) is 0 Å². The summed E-state index contributed by atoms with van der Waals surface area (Å²) in [7, 11) is 1.72. The number of pyridine rings is 1. The Labute approximate surface area is 191 Å². The molecule has 0 spiro atoms. The number of ether oxygens (including phenoxy) is 2. The summed E-state index contributed by atoms with van der Waals surface area (Å²) >= 11 is 0. The van der Waals surface area contributed by atoms with Gasteiger partial charge in [0.2, 0.25) is 6.79 Å². The predicted molar refractivity (Wildman–Crippen MR) is 120 cm³/mol. The maximum atomic E-state index is 13.4. The first kappa shape index (κ1) is 22.3. The molecule has 0 bridgehead atoms. The molecule has 170 valence electrons. The molecular formula is C25H24FN3O4. The number of hydrogen-bond donors (Lipinski definition) is 1. The van der Waals surface area contributed by atoms with E-state index in [9.17, 15) is 14.0 Å². The fourth-order valence-electron chi connectivity index (χ4n) is 3.66. The zero-order valence-corrected chi connectivity index (χ0v) is 18.2. The molecule has 0 unspecified atom stereocenters. The Morgan fingerprint density at radius 2 is 1.88 bits per heavy atom. The third-order valence-electron chi connectivity index (χ3n) is 5.53. The summed E-state index contributed by atoms with van der Waals surface area (Å²) in [5, 5.41) is 2.86. The van der Waals surface area contributed by atoms with Crippen LogP contribution in [-0.2, 0) is 6.42 Å². The van der Waals surface area contributed by atoms with E-state index >= 15 is 0 Å². The Morgan fingerprint density at radius 1 is 1.09 bits per heavy atom. The molecule has 1 N–H and O–H groups in total. The van der Waals surface area contributed by atoms with Crippen molar-refractivity contribution < 1.29 is 23.5 Å². The molecule has 2 amide bonds. The number of halogens is 1. The van der Waals surface area contributed by atoms with Crippen molar-refractivity contribution in [3.05, 3.63) is 89.5 Å². The van der Waals surface area contributed by atoms with Gasteiger partial charge < -0.3 is 19.7 Å². The fraction of sp³-hybridized carbons (Fsp3) is 0.240. The zero-order valence-electron chi connectivity index (χ0n) is 18.2. The molecule has 0 aliphatic carbocycles. The number of nitrogens with one attached hydrogen (secondary N) is 1. The molecule has 0 saturated carbocycles. The van der Waals surface area contributed by atoms with Crippen LogP contribution in [0.1, 0.15) is 32.8 Å². The Kier molecular flexibility index (Phi) is 6.83. The summed E-state index contributed by atoms with van der Waals surface area (Å²) < 4.78 is 24.1. The molecule has 0 fully saturated rings. The number of amides is 2. The zero-order chi connectivity index (χ0) is 23.2. The minimum absolute atomic E-state index is 0.131. The van der Waals surface area contributed by atoms with E-state index in [1.54, 1.807) is 66.7 Å². The average molecular weight is 449 g/mol. The standard InChI is InChI=1S/C25H24FN3O4/c1-29(25(31)18-7-10-22-23(15-18)33-16-32-22)20(14-17-5-8-19(26)9-6-17)11-13-28-24(30)21-4-2-3-12-27-21/h2-10,12,15,20H,11,13-14,16H2,1H3,(H,28,30)/t20-/m1/s1. The Morgan fingerprint density at radius 3 is 2.64 bits per heavy atom. The molecule has 4 rings (SSSR count). The lowest BCUT2D eigenvalue weighted by molar-refractivity contribution is 0.0722. The van der Waals surface area contributed by atoms with E-state index in [1.165, 1.54) is 12.1 Å². The van der Waals surface area contributed by atoms with E-state index in [1.807, 2.05) is 0 Å². The third kappa shape index (κ3) is 5.46. The van der Waals surface area contributed by atoms with Crippen LogP contribution in [0.5, 0.6) is 11.5 Å². The van der Waals surface area contributed by atoms with Crippen LogP contribution >= 0.6 is 0 Å². The van der Waals surface area contributed by atoms with Crippen molar-refractivity contribution in [3.8, 4) is 11.5 Å². The highest BCUT2D eigenvalue weighted by Gasteiger charge is 2.24. The number of aromatic nitrogens is 1. The monoisotopic (exact) mass is 449 g/mol. The summed E-state index contributed by atoms with van der Waals surface area (Å²) in [6.07, 6.45) is 2.57. The topological polar surface area (TPSA) is 80.8 Å². The molecule has 2 aromatic carbocycles. The number of likely N-dealkylation sites (N-methyl/N-ethyl adjacent to an activating group) is 1. The van der Waals surface area contributed by atoms with Gasteiger partial charge in [-0.15, -0.1) is 0 Å². The van der Waals surface area contributed by atoms with E-state index < -0.39 is 0 Å². The largest absolute Gasteiger partial charge is 0.454 e. The van der Waals surface area contributed by atoms with Gasteiger partial charge in [0.1, 0.15) is 11.5 Å². The maximum absolute atomic E-state index is 13.4. The summed E-state index contributed by atoms with van der Waals surface area (Å²) in [6.45, 7) is 0.478. The second-order valence-corrected chi connectivity index (χ2v) is 7.73. The number of nitrogens with zero attached hydrogens (tertiary/aromatic N) is 2. The van der Waals surface area contributed by atoms with E-state index in [4.69, 9.17) is 9.47 Å². The van der Waals surface area contributed by atoms with Crippen LogP contribution < -0.4 is 14.8 Å².